The van der Waals surface area contributed by atoms with Crippen LogP contribution in [0.4, 0.5) is 0 Å². The molecule has 0 bridgehead atoms. The molecule has 1 heterocycles. The van der Waals surface area contributed by atoms with E-state index in [0.29, 0.717) is 5.92 Å². The van der Waals surface area contributed by atoms with Crippen LogP contribution in [0.15, 0.2) is 24.3 Å². The van der Waals surface area contributed by atoms with E-state index >= 15 is 0 Å². The predicted molar refractivity (Wildman–Crippen MR) is 80.2 cm³/mol. The maximum absolute atomic E-state index is 9.53. The molecule has 0 aliphatic carbocycles. The number of H-pyrrole nitrogens is 1. The Kier molecular flexibility index (Phi) is 4.27. The third-order valence-electron chi connectivity index (χ3n) is 3.96. The molecule has 0 aliphatic rings. The molecule has 0 fully saturated rings. The number of likely N-dealkylation sites (N-methyl/N-ethyl adjacent to an activating group) is 1. The number of fused-ring (bicyclic) bond motifs is 1. The van der Waals surface area contributed by atoms with E-state index in [-0.39, 0.29) is 12.6 Å². The number of aromatic nitrogens is 1. The summed E-state index contributed by atoms with van der Waals surface area (Å²) < 4.78 is 0. The number of nitrogens with zero attached hydrogens (tertiary/aromatic N) is 1. The molecular weight excluding hydrogens is 236 g/mol. The number of nitrogens with one attached hydrogen (secondary N) is 1. The molecule has 1 atom stereocenters. The zero-order valence-electron chi connectivity index (χ0n) is 12.3. The quantitative estimate of drug-likeness (QED) is 0.867. The van der Waals surface area contributed by atoms with Crippen LogP contribution in [0.25, 0.3) is 10.9 Å². The zero-order chi connectivity index (χ0) is 14.0. The van der Waals surface area contributed by atoms with Gasteiger partial charge in [0.25, 0.3) is 0 Å². The van der Waals surface area contributed by atoms with Gasteiger partial charge in [-0.3, -0.25) is 4.90 Å². The van der Waals surface area contributed by atoms with Crippen molar-refractivity contribution in [1.29, 1.82) is 0 Å². The number of hydrogen-bond acceptors (Lipinski definition) is 2. The van der Waals surface area contributed by atoms with Crippen LogP contribution in [-0.2, 0) is 6.54 Å². The van der Waals surface area contributed by atoms with Gasteiger partial charge in [-0.2, -0.15) is 0 Å². The summed E-state index contributed by atoms with van der Waals surface area (Å²) in [5, 5.41) is 10.8. The Balaban J connectivity index is 2.28. The molecule has 2 N–H and O–H groups in total. The van der Waals surface area contributed by atoms with Crippen molar-refractivity contribution in [2.45, 2.75) is 33.4 Å². The minimum Gasteiger partial charge on any atom is -0.395 e. The summed E-state index contributed by atoms with van der Waals surface area (Å²) in [7, 11) is 2.09. The summed E-state index contributed by atoms with van der Waals surface area (Å²) in [5.41, 5.74) is 3.74. The van der Waals surface area contributed by atoms with E-state index in [4.69, 9.17) is 0 Å². The van der Waals surface area contributed by atoms with Crippen LogP contribution in [0, 0.1) is 12.8 Å². The summed E-state index contributed by atoms with van der Waals surface area (Å²) in [4.78, 5) is 5.67. The normalized spacial score (nSPS) is 13.6. The smallest absolute Gasteiger partial charge is 0.0589 e. The molecule has 0 spiro atoms. The van der Waals surface area contributed by atoms with Crippen LogP contribution >= 0.6 is 0 Å². The molecule has 2 rings (SSSR count). The third-order valence-corrected chi connectivity index (χ3v) is 3.96. The lowest BCUT2D eigenvalue weighted by Crippen LogP contribution is -2.38. The lowest BCUT2D eigenvalue weighted by atomic mass is 10.0. The average molecular weight is 260 g/mol. The van der Waals surface area contributed by atoms with Gasteiger partial charge < -0.3 is 10.1 Å². The number of rotatable bonds is 5. The second-order valence-corrected chi connectivity index (χ2v) is 5.68. The molecule has 0 radical (unpaired) electrons. The van der Waals surface area contributed by atoms with Gasteiger partial charge in [-0.15, -0.1) is 0 Å². The highest BCUT2D eigenvalue weighted by molar-refractivity contribution is 5.84. The largest absolute Gasteiger partial charge is 0.395 e. The lowest BCUT2D eigenvalue weighted by molar-refractivity contribution is 0.108. The van der Waals surface area contributed by atoms with Crippen molar-refractivity contribution in [3.8, 4) is 0 Å². The Morgan fingerprint density at radius 1 is 1.26 bits per heavy atom. The second kappa shape index (κ2) is 5.76. The van der Waals surface area contributed by atoms with Crippen LogP contribution < -0.4 is 0 Å². The number of hydrogen-bond donors (Lipinski definition) is 2. The molecule has 3 nitrogen and oxygen atoms in total. The molecule has 1 aromatic heterocycles. The fourth-order valence-corrected chi connectivity index (χ4v) is 2.76. The van der Waals surface area contributed by atoms with Crippen LogP contribution in [0.2, 0.25) is 0 Å². The Labute approximate surface area is 115 Å². The number of aromatic amines is 1. The molecule has 0 saturated carbocycles. The Hall–Kier alpha value is -1.32. The van der Waals surface area contributed by atoms with Crippen LogP contribution in [0.5, 0.6) is 0 Å². The van der Waals surface area contributed by atoms with E-state index < -0.39 is 0 Å². The van der Waals surface area contributed by atoms with Crippen LogP contribution in [0.3, 0.4) is 0 Å². The maximum Gasteiger partial charge on any atom is 0.0589 e. The first-order chi connectivity index (χ1) is 9.04. The summed E-state index contributed by atoms with van der Waals surface area (Å²) in [6, 6.07) is 8.60. The van der Waals surface area contributed by atoms with Crippen molar-refractivity contribution in [2.75, 3.05) is 13.7 Å². The lowest BCUT2D eigenvalue weighted by Gasteiger charge is -2.29. The fourth-order valence-electron chi connectivity index (χ4n) is 2.76. The van der Waals surface area contributed by atoms with E-state index in [9.17, 15) is 5.11 Å². The van der Waals surface area contributed by atoms with Crippen molar-refractivity contribution in [3.63, 3.8) is 0 Å². The van der Waals surface area contributed by atoms with Gasteiger partial charge in [-0.25, -0.2) is 0 Å². The molecule has 1 aromatic carbocycles. The number of benzene rings is 1. The van der Waals surface area contributed by atoms with Gasteiger partial charge in [0.05, 0.1) is 6.61 Å². The zero-order valence-corrected chi connectivity index (χ0v) is 12.3. The highest BCUT2D eigenvalue weighted by Crippen LogP contribution is 2.24. The number of para-hydroxylation sites is 1. The first-order valence-electron chi connectivity index (χ1n) is 6.92. The molecule has 3 heteroatoms. The van der Waals surface area contributed by atoms with E-state index in [2.05, 4.69) is 62.0 Å². The topological polar surface area (TPSA) is 39.3 Å². The molecule has 19 heavy (non-hydrogen) atoms. The van der Waals surface area contributed by atoms with E-state index in [1.165, 1.54) is 22.2 Å². The van der Waals surface area contributed by atoms with Crippen LogP contribution in [-0.4, -0.2) is 34.7 Å². The van der Waals surface area contributed by atoms with E-state index in [0.717, 1.165) is 6.54 Å². The summed E-state index contributed by atoms with van der Waals surface area (Å²) in [6.45, 7) is 7.49. The monoisotopic (exact) mass is 260 g/mol. The van der Waals surface area contributed by atoms with E-state index in [1.807, 2.05) is 0 Å². The molecular formula is C16H24N2O. The van der Waals surface area contributed by atoms with Crippen LogP contribution in [0.1, 0.15) is 25.1 Å². The van der Waals surface area contributed by atoms with Gasteiger partial charge in [-0.1, -0.05) is 32.0 Å². The fraction of sp³-hybridized carbons (Fsp3) is 0.500. The van der Waals surface area contributed by atoms with Crippen molar-refractivity contribution in [1.82, 2.24) is 9.88 Å². The molecule has 1 unspecified atom stereocenters. The van der Waals surface area contributed by atoms with Gasteiger partial charge >= 0.3 is 0 Å². The first kappa shape index (κ1) is 14.1. The van der Waals surface area contributed by atoms with Crippen molar-refractivity contribution in [3.05, 3.63) is 35.5 Å². The predicted octanol–water partition coefficient (Wildman–Crippen LogP) is 2.93. The Morgan fingerprint density at radius 2 is 1.95 bits per heavy atom. The minimum atomic E-state index is 0.202. The van der Waals surface area contributed by atoms with E-state index in [1.54, 1.807) is 0 Å². The molecule has 0 amide bonds. The highest BCUT2D eigenvalue weighted by Gasteiger charge is 2.19. The molecule has 104 valence electrons. The van der Waals surface area contributed by atoms with Gasteiger partial charge in [-0.05, 0) is 31.5 Å². The van der Waals surface area contributed by atoms with Crippen molar-refractivity contribution < 1.29 is 5.11 Å². The van der Waals surface area contributed by atoms with Gasteiger partial charge in [0.1, 0.15) is 0 Å². The van der Waals surface area contributed by atoms with Gasteiger partial charge in [0.2, 0.25) is 0 Å². The Morgan fingerprint density at radius 3 is 2.58 bits per heavy atom. The second-order valence-electron chi connectivity index (χ2n) is 5.68. The average Bonchev–Trinajstić information content (AvgIpc) is 2.66. The van der Waals surface area contributed by atoms with Crippen molar-refractivity contribution >= 4 is 10.9 Å². The summed E-state index contributed by atoms with van der Waals surface area (Å²) in [6.07, 6.45) is 0. The number of aliphatic hydroxyl groups is 1. The first-order valence-corrected chi connectivity index (χ1v) is 6.92. The third kappa shape index (κ3) is 2.82. The molecule has 0 saturated heterocycles. The van der Waals surface area contributed by atoms with Crippen molar-refractivity contribution in [2.24, 2.45) is 5.92 Å². The highest BCUT2D eigenvalue weighted by atomic mass is 16.3. The summed E-state index contributed by atoms with van der Waals surface area (Å²) >= 11 is 0. The summed E-state index contributed by atoms with van der Waals surface area (Å²) in [5.74, 6) is 0.445. The maximum atomic E-state index is 9.53. The number of aliphatic hydroxyl groups excluding tert-OH is 1. The van der Waals surface area contributed by atoms with Gasteiger partial charge in [0.15, 0.2) is 0 Å². The SMILES string of the molecule is Cc1[nH]c2ccccc2c1CN(C)C(CO)C(C)C. The Bertz CT molecular complexity index is 545. The molecule has 2 aromatic rings. The van der Waals surface area contributed by atoms with Gasteiger partial charge in [0, 0.05) is 29.2 Å². The number of aryl methyl sites for hydroxylation is 1. The standard InChI is InChI=1S/C16H24N2O/c1-11(2)16(10-19)18(4)9-14-12(3)17-15-8-6-5-7-13(14)15/h5-8,11,16-17,19H,9-10H2,1-4H3. The molecule has 0 aliphatic heterocycles. The minimum absolute atomic E-state index is 0.202.